The van der Waals surface area contributed by atoms with E-state index in [1.807, 2.05) is 13.8 Å². The summed E-state index contributed by atoms with van der Waals surface area (Å²) in [6.07, 6.45) is -0.570. The molecule has 0 spiro atoms. The molecule has 0 heterocycles. The molecule has 9 heteroatoms. The van der Waals surface area contributed by atoms with E-state index in [9.17, 15) is 14.7 Å². The van der Waals surface area contributed by atoms with Gasteiger partial charge in [0.2, 0.25) is 6.29 Å². The van der Waals surface area contributed by atoms with E-state index in [1.165, 1.54) is 0 Å². The number of aliphatic hydroxyl groups excluding tert-OH is 1. The van der Waals surface area contributed by atoms with Crippen LogP contribution in [0.25, 0.3) is 0 Å². The lowest BCUT2D eigenvalue weighted by atomic mass is 10.3. The van der Waals surface area contributed by atoms with Crippen LogP contribution in [-0.4, -0.2) is 49.4 Å². The van der Waals surface area contributed by atoms with E-state index >= 15 is 0 Å². The Kier molecular flexibility index (Phi) is 12.2. The molecule has 22 heavy (non-hydrogen) atoms. The third-order valence-electron chi connectivity index (χ3n) is 2.44. The van der Waals surface area contributed by atoms with Gasteiger partial charge in [-0.3, -0.25) is 4.89 Å². The van der Waals surface area contributed by atoms with Gasteiger partial charge in [0, 0.05) is 13.0 Å². The summed E-state index contributed by atoms with van der Waals surface area (Å²) in [5, 5.41) is 12.2. The fourth-order valence-electron chi connectivity index (χ4n) is 1.35. The molecule has 2 atom stereocenters. The molecular formula is C13H26N2O7. The summed E-state index contributed by atoms with van der Waals surface area (Å²) in [6, 6.07) is 0. The van der Waals surface area contributed by atoms with Gasteiger partial charge in [-0.1, -0.05) is 26.7 Å². The van der Waals surface area contributed by atoms with Crippen LogP contribution < -0.4 is 11.1 Å². The van der Waals surface area contributed by atoms with Crippen LogP contribution in [0.2, 0.25) is 0 Å². The molecule has 0 aliphatic rings. The Morgan fingerprint density at radius 2 is 1.95 bits per heavy atom. The smallest absolute Gasteiger partial charge is 0.436 e. The lowest BCUT2D eigenvalue weighted by Gasteiger charge is -2.18. The first-order valence-electron chi connectivity index (χ1n) is 7.32. The minimum absolute atomic E-state index is 0.144. The van der Waals surface area contributed by atoms with Crippen molar-refractivity contribution < 1.29 is 33.9 Å². The molecule has 0 bridgehead atoms. The number of nitrogens with two attached hydrogens (primary N) is 1. The largest absolute Gasteiger partial charge is 0.447 e. The minimum Gasteiger partial charge on any atom is -0.447 e. The number of carbonyl (C=O) groups is 2. The first-order chi connectivity index (χ1) is 10.5. The van der Waals surface area contributed by atoms with Crippen molar-refractivity contribution in [3.8, 4) is 0 Å². The van der Waals surface area contributed by atoms with Crippen LogP contribution in [-0.2, 0) is 19.2 Å². The molecule has 0 radical (unpaired) electrons. The first kappa shape index (κ1) is 20.4. The number of unbranched alkanes of at least 4 members (excludes halogenated alkanes) is 1. The number of hydrogen-bond acceptors (Lipinski definition) is 7. The van der Waals surface area contributed by atoms with Gasteiger partial charge in [-0.15, -0.1) is 0 Å². The Morgan fingerprint density at radius 1 is 1.23 bits per heavy atom. The third kappa shape index (κ3) is 12.2. The second-order valence-electron chi connectivity index (χ2n) is 4.58. The molecule has 130 valence electrons. The van der Waals surface area contributed by atoms with Crippen molar-refractivity contribution in [3.63, 3.8) is 0 Å². The van der Waals surface area contributed by atoms with Gasteiger partial charge in [-0.2, -0.15) is 4.89 Å². The maximum absolute atomic E-state index is 11.3. The Balaban J connectivity index is 3.85. The lowest BCUT2D eigenvalue weighted by molar-refractivity contribution is -0.342. The SMILES string of the molecule is CCCCNC(=O)OCC(O)COC(CCC)OOC(N)=O. The minimum atomic E-state index is -1.09. The molecule has 0 saturated heterocycles. The van der Waals surface area contributed by atoms with Crippen LogP contribution in [0.3, 0.4) is 0 Å². The van der Waals surface area contributed by atoms with E-state index in [-0.39, 0.29) is 13.2 Å². The Bertz CT molecular complexity index is 315. The van der Waals surface area contributed by atoms with Crippen molar-refractivity contribution in [1.29, 1.82) is 0 Å². The number of hydrogen-bond donors (Lipinski definition) is 3. The van der Waals surface area contributed by atoms with Crippen molar-refractivity contribution in [2.75, 3.05) is 19.8 Å². The van der Waals surface area contributed by atoms with Crippen LogP contribution in [0.15, 0.2) is 0 Å². The zero-order chi connectivity index (χ0) is 16.8. The number of ether oxygens (including phenoxy) is 2. The molecule has 4 N–H and O–H groups in total. The topological polar surface area (TPSA) is 129 Å². The zero-order valence-corrected chi connectivity index (χ0v) is 13.1. The fourth-order valence-corrected chi connectivity index (χ4v) is 1.35. The van der Waals surface area contributed by atoms with Crippen molar-refractivity contribution in [1.82, 2.24) is 5.32 Å². The predicted molar refractivity (Wildman–Crippen MR) is 76.7 cm³/mol. The lowest BCUT2D eigenvalue weighted by Crippen LogP contribution is -2.32. The van der Waals surface area contributed by atoms with Crippen molar-refractivity contribution in [2.24, 2.45) is 5.73 Å². The average molecular weight is 322 g/mol. The van der Waals surface area contributed by atoms with Gasteiger partial charge < -0.3 is 25.6 Å². The maximum atomic E-state index is 11.3. The van der Waals surface area contributed by atoms with Crippen LogP contribution in [0, 0.1) is 0 Å². The molecule has 0 saturated carbocycles. The van der Waals surface area contributed by atoms with Gasteiger partial charge in [0.25, 0.3) is 0 Å². The highest BCUT2D eigenvalue weighted by Crippen LogP contribution is 2.06. The molecule has 2 amide bonds. The molecular weight excluding hydrogens is 296 g/mol. The Morgan fingerprint density at radius 3 is 2.55 bits per heavy atom. The number of amides is 2. The summed E-state index contributed by atoms with van der Waals surface area (Å²) in [4.78, 5) is 30.5. The van der Waals surface area contributed by atoms with Crippen molar-refractivity contribution >= 4 is 12.2 Å². The van der Waals surface area contributed by atoms with Crippen molar-refractivity contribution in [2.45, 2.75) is 51.9 Å². The van der Waals surface area contributed by atoms with E-state index in [0.717, 1.165) is 12.8 Å². The summed E-state index contributed by atoms with van der Waals surface area (Å²) in [7, 11) is 0. The summed E-state index contributed by atoms with van der Waals surface area (Å²) in [6.45, 7) is 4.05. The Hall–Kier alpha value is -1.58. The second kappa shape index (κ2) is 13.1. The zero-order valence-electron chi connectivity index (χ0n) is 13.1. The summed E-state index contributed by atoms with van der Waals surface area (Å²) < 4.78 is 10.0. The summed E-state index contributed by atoms with van der Waals surface area (Å²) in [5.74, 6) is 0. The van der Waals surface area contributed by atoms with E-state index in [0.29, 0.717) is 19.4 Å². The van der Waals surface area contributed by atoms with Crippen LogP contribution >= 0.6 is 0 Å². The Labute approximate surface area is 130 Å². The van der Waals surface area contributed by atoms with E-state index in [1.54, 1.807) is 0 Å². The van der Waals surface area contributed by atoms with E-state index < -0.39 is 24.6 Å². The number of nitrogens with one attached hydrogen (secondary N) is 1. The molecule has 9 nitrogen and oxygen atoms in total. The van der Waals surface area contributed by atoms with Gasteiger partial charge >= 0.3 is 12.2 Å². The number of carbonyl (C=O) groups excluding carboxylic acids is 2. The highest BCUT2D eigenvalue weighted by molar-refractivity contribution is 5.67. The standard InChI is InChI=1S/C13H26N2O7/c1-3-5-7-15-13(18)20-9-10(16)8-19-11(6-4-2)21-22-12(14)17/h10-11,16H,3-9H2,1-2H3,(H2,14,17)(H,15,18). The van der Waals surface area contributed by atoms with E-state index in [4.69, 9.17) is 15.2 Å². The quantitative estimate of drug-likeness (QED) is 0.212. The third-order valence-corrected chi connectivity index (χ3v) is 2.44. The first-order valence-corrected chi connectivity index (χ1v) is 7.32. The predicted octanol–water partition coefficient (Wildman–Crippen LogP) is 1.04. The molecule has 0 aromatic heterocycles. The van der Waals surface area contributed by atoms with Gasteiger partial charge in [0.15, 0.2) is 0 Å². The monoisotopic (exact) mass is 322 g/mol. The van der Waals surface area contributed by atoms with Gasteiger partial charge in [-0.25, -0.2) is 9.59 Å². The highest BCUT2D eigenvalue weighted by Gasteiger charge is 2.15. The summed E-state index contributed by atoms with van der Waals surface area (Å²) in [5.41, 5.74) is 4.77. The number of aliphatic hydroxyl groups is 1. The normalized spacial score (nSPS) is 13.2. The number of primary amides is 1. The molecule has 0 fully saturated rings. The fraction of sp³-hybridized carbons (Fsp3) is 0.846. The molecule has 0 aromatic carbocycles. The van der Waals surface area contributed by atoms with Gasteiger partial charge in [0.1, 0.15) is 12.7 Å². The van der Waals surface area contributed by atoms with Crippen LogP contribution in [0.1, 0.15) is 39.5 Å². The average Bonchev–Trinajstić information content (AvgIpc) is 2.48. The molecule has 0 rings (SSSR count). The number of rotatable bonds is 12. The molecule has 2 unspecified atom stereocenters. The molecule has 0 aliphatic heterocycles. The highest BCUT2D eigenvalue weighted by atomic mass is 17.2. The summed E-state index contributed by atoms with van der Waals surface area (Å²) >= 11 is 0. The van der Waals surface area contributed by atoms with Gasteiger partial charge in [0.05, 0.1) is 6.61 Å². The molecule has 0 aromatic rings. The van der Waals surface area contributed by atoms with E-state index in [2.05, 4.69) is 15.1 Å². The molecule has 0 aliphatic carbocycles. The second-order valence-corrected chi connectivity index (χ2v) is 4.58. The maximum Gasteiger partial charge on any atom is 0.436 e. The van der Waals surface area contributed by atoms with Gasteiger partial charge in [-0.05, 0) is 6.42 Å². The van der Waals surface area contributed by atoms with Crippen molar-refractivity contribution in [3.05, 3.63) is 0 Å². The number of alkyl carbamates (subject to hydrolysis) is 1. The van der Waals surface area contributed by atoms with Crippen LogP contribution in [0.4, 0.5) is 9.59 Å². The van der Waals surface area contributed by atoms with Crippen LogP contribution in [0.5, 0.6) is 0 Å².